The van der Waals surface area contributed by atoms with Crippen LogP contribution in [-0.4, -0.2) is 51.4 Å². The van der Waals surface area contributed by atoms with Crippen molar-refractivity contribution in [2.24, 2.45) is 0 Å². The molecule has 156 valence electrons. The minimum absolute atomic E-state index is 0.310. The van der Waals surface area contributed by atoms with E-state index in [0.29, 0.717) is 31.4 Å². The molecular formula is C21H25FN2O4S. The summed E-state index contributed by atoms with van der Waals surface area (Å²) in [5, 5.41) is 0. The molecule has 3 rings (SSSR count). The Kier molecular flexibility index (Phi) is 6.54. The van der Waals surface area contributed by atoms with Gasteiger partial charge in [-0.3, -0.25) is 0 Å². The van der Waals surface area contributed by atoms with Gasteiger partial charge in [-0.05, 0) is 36.5 Å². The summed E-state index contributed by atoms with van der Waals surface area (Å²) in [7, 11) is -2.13. The third-order valence-corrected chi connectivity index (χ3v) is 5.84. The maximum atomic E-state index is 14.2. The minimum Gasteiger partial charge on any atom is -0.453 e. The van der Waals surface area contributed by atoms with Gasteiger partial charge in [0.2, 0.25) is 10.0 Å². The van der Waals surface area contributed by atoms with E-state index in [9.17, 15) is 17.6 Å². The summed E-state index contributed by atoms with van der Waals surface area (Å²) in [5.41, 5.74) is 2.11. The van der Waals surface area contributed by atoms with E-state index in [-0.39, 0.29) is 5.82 Å². The molecule has 1 aliphatic rings. The van der Waals surface area contributed by atoms with Gasteiger partial charge in [0.1, 0.15) is 5.82 Å². The van der Waals surface area contributed by atoms with Crippen LogP contribution in [0.2, 0.25) is 0 Å². The van der Waals surface area contributed by atoms with Crippen LogP contribution in [0, 0.1) is 5.82 Å². The Labute approximate surface area is 170 Å². The van der Waals surface area contributed by atoms with Gasteiger partial charge in [-0.2, -0.15) is 0 Å². The summed E-state index contributed by atoms with van der Waals surface area (Å²) in [4.78, 5) is 13.9. The molecule has 1 amide bonds. The number of ether oxygens (including phenoxy) is 1. The SMILES string of the molecule is COC(=O)N1CCC[C@@H](NS(C)(=O)=O)[C@H]1Cc1cccc(-c2ccccc2F)c1. The van der Waals surface area contributed by atoms with Crippen LogP contribution in [0.15, 0.2) is 48.5 Å². The van der Waals surface area contributed by atoms with Crippen molar-refractivity contribution in [3.05, 3.63) is 59.9 Å². The van der Waals surface area contributed by atoms with Crippen LogP contribution in [0.4, 0.5) is 9.18 Å². The quantitative estimate of drug-likeness (QED) is 0.806. The summed E-state index contributed by atoms with van der Waals surface area (Å²) in [6, 6.07) is 13.1. The molecule has 0 saturated carbocycles. The minimum atomic E-state index is -3.44. The van der Waals surface area contributed by atoms with Crippen LogP contribution in [-0.2, 0) is 21.2 Å². The number of carbonyl (C=O) groups excluding carboxylic acids is 1. The van der Waals surface area contributed by atoms with Gasteiger partial charge in [0.15, 0.2) is 0 Å². The Hall–Kier alpha value is -2.45. The summed E-state index contributed by atoms with van der Waals surface area (Å²) >= 11 is 0. The Morgan fingerprint density at radius 3 is 2.69 bits per heavy atom. The number of hydrogen-bond donors (Lipinski definition) is 1. The summed E-state index contributed by atoms with van der Waals surface area (Å²) in [5.74, 6) is -0.310. The molecule has 2 aromatic carbocycles. The Bertz CT molecular complexity index is 980. The van der Waals surface area contributed by atoms with E-state index in [1.54, 1.807) is 23.1 Å². The zero-order valence-electron chi connectivity index (χ0n) is 16.5. The first-order chi connectivity index (χ1) is 13.8. The lowest BCUT2D eigenvalue weighted by atomic mass is 9.90. The van der Waals surface area contributed by atoms with Gasteiger partial charge >= 0.3 is 6.09 Å². The number of nitrogens with one attached hydrogen (secondary N) is 1. The number of likely N-dealkylation sites (tertiary alicyclic amines) is 1. The Balaban J connectivity index is 1.92. The fourth-order valence-corrected chi connectivity index (χ4v) is 4.69. The van der Waals surface area contributed by atoms with Crippen molar-refractivity contribution in [2.75, 3.05) is 19.9 Å². The number of piperidine rings is 1. The molecule has 6 nitrogen and oxygen atoms in total. The monoisotopic (exact) mass is 420 g/mol. The lowest BCUT2D eigenvalue weighted by Crippen LogP contribution is -2.57. The zero-order chi connectivity index (χ0) is 21.0. The van der Waals surface area contributed by atoms with Gasteiger partial charge < -0.3 is 9.64 Å². The topological polar surface area (TPSA) is 75.7 Å². The first-order valence-corrected chi connectivity index (χ1v) is 11.3. The molecule has 0 aromatic heterocycles. The van der Waals surface area contributed by atoms with E-state index in [1.807, 2.05) is 24.3 Å². The molecule has 1 saturated heterocycles. The average molecular weight is 421 g/mol. The molecule has 8 heteroatoms. The lowest BCUT2D eigenvalue weighted by molar-refractivity contribution is 0.0792. The maximum Gasteiger partial charge on any atom is 0.409 e. The Morgan fingerprint density at radius 1 is 1.24 bits per heavy atom. The highest BCUT2D eigenvalue weighted by Gasteiger charge is 2.36. The number of amides is 1. The lowest BCUT2D eigenvalue weighted by Gasteiger charge is -2.40. The number of carbonyl (C=O) groups is 1. The van der Waals surface area contributed by atoms with E-state index in [4.69, 9.17) is 4.74 Å². The number of methoxy groups -OCH3 is 1. The average Bonchev–Trinajstić information content (AvgIpc) is 2.68. The molecule has 2 atom stereocenters. The molecule has 0 radical (unpaired) electrons. The van der Waals surface area contributed by atoms with Crippen molar-refractivity contribution in [1.29, 1.82) is 0 Å². The third-order valence-electron chi connectivity index (χ3n) is 5.11. The second kappa shape index (κ2) is 8.92. The normalized spacial score (nSPS) is 19.8. The van der Waals surface area contributed by atoms with Crippen molar-refractivity contribution in [3.63, 3.8) is 0 Å². The number of benzene rings is 2. The molecule has 2 aromatic rings. The zero-order valence-corrected chi connectivity index (χ0v) is 17.3. The maximum absolute atomic E-state index is 14.2. The van der Waals surface area contributed by atoms with E-state index < -0.39 is 28.2 Å². The molecule has 1 heterocycles. The van der Waals surface area contributed by atoms with Crippen LogP contribution >= 0.6 is 0 Å². The van der Waals surface area contributed by atoms with Crippen molar-refractivity contribution in [2.45, 2.75) is 31.3 Å². The van der Waals surface area contributed by atoms with Crippen molar-refractivity contribution < 1.29 is 22.3 Å². The predicted octanol–water partition coefficient (Wildman–Crippen LogP) is 3.18. The predicted molar refractivity (Wildman–Crippen MR) is 109 cm³/mol. The van der Waals surface area contributed by atoms with E-state index >= 15 is 0 Å². The van der Waals surface area contributed by atoms with Crippen LogP contribution in [0.5, 0.6) is 0 Å². The number of rotatable bonds is 5. The largest absolute Gasteiger partial charge is 0.453 e. The van der Waals surface area contributed by atoms with Crippen molar-refractivity contribution in [1.82, 2.24) is 9.62 Å². The molecule has 0 bridgehead atoms. The van der Waals surface area contributed by atoms with Gasteiger partial charge in [-0.1, -0.05) is 42.5 Å². The fraction of sp³-hybridized carbons (Fsp3) is 0.381. The van der Waals surface area contributed by atoms with Crippen LogP contribution in [0.25, 0.3) is 11.1 Å². The summed E-state index contributed by atoms with van der Waals surface area (Å²) < 4.78 is 45.4. The fourth-order valence-electron chi connectivity index (χ4n) is 3.87. The molecular weight excluding hydrogens is 395 g/mol. The standard InChI is InChI=1S/C21H25FN2O4S/c1-28-21(25)24-12-6-11-19(23-29(2,26)27)20(24)14-15-7-5-8-16(13-15)17-9-3-4-10-18(17)22/h3-5,7-10,13,19-20,23H,6,11-12,14H2,1-2H3/t19-,20-/m1/s1. The molecule has 0 unspecified atom stereocenters. The highest BCUT2D eigenvalue weighted by molar-refractivity contribution is 7.88. The molecule has 29 heavy (non-hydrogen) atoms. The van der Waals surface area contributed by atoms with Gasteiger partial charge in [0.25, 0.3) is 0 Å². The number of sulfonamides is 1. The molecule has 0 spiro atoms. The number of hydrogen-bond acceptors (Lipinski definition) is 4. The van der Waals surface area contributed by atoms with E-state index in [0.717, 1.165) is 17.4 Å². The molecule has 1 aliphatic heterocycles. The van der Waals surface area contributed by atoms with Gasteiger partial charge in [0.05, 0.1) is 19.4 Å². The summed E-state index contributed by atoms with van der Waals surface area (Å²) in [6.07, 6.45) is 2.34. The smallest absolute Gasteiger partial charge is 0.409 e. The van der Waals surface area contributed by atoms with E-state index in [2.05, 4.69) is 4.72 Å². The van der Waals surface area contributed by atoms with Crippen LogP contribution < -0.4 is 4.72 Å². The van der Waals surface area contributed by atoms with Crippen LogP contribution in [0.3, 0.4) is 0 Å². The molecule has 1 N–H and O–H groups in total. The molecule has 1 fully saturated rings. The first kappa shape index (κ1) is 21.3. The summed E-state index contributed by atoms with van der Waals surface area (Å²) in [6.45, 7) is 0.492. The highest BCUT2D eigenvalue weighted by Crippen LogP contribution is 2.27. The number of nitrogens with zero attached hydrogens (tertiary/aromatic N) is 1. The second-order valence-electron chi connectivity index (χ2n) is 7.25. The van der Waals surface area contributed by atoms with Crippen molar-refractivity contribution >= 4 is 16.1 Å². The Morgan fingerprint density at radius 2 is 2.00 bits per heavy atom. The second-order valence-corrected chi connectivity index (χ2v) is 9.03. The third kappa shape index (κ3) is 5.33. The number of halogens is 1. The van der Waals surface area contributed by atoms with E-state index in [1.165, 1.54) is 13.2 Å². The van der Waals surface area contributed by atoms with Crippen molar-refractivity contribution in [3.8, 4) is 11.1 Å². The van der Waals surface area contributed by atoms with Gasteiger partial charge in [-0.25, -0.2) is 22.3 Å². The van der Waals surface area contributed by atoms with Crippen LogP contribution in [0.1, 0.15) is 18.4 Å². The van der Waals surface area contributed by atoms with Gasteiger partial charge in [-0.15, -0.1) is 0 Å². The first-order valence-electron chi connectivity index (χ1n) is 9.44. The highest BCUT2D eigenvalue weighted by atomic mass is 32.2. The molecule has 0 aliphatic carbocycles. The van der Waals surface area contributed by atoms with Gasteiger partial charge in [0, 0.05) is 18.2 Å².